The van der Waals surface area contributed by atoms with Gasteiger partial charge in [0.05, 0.1) is 0 Å². The molecule has 0 amide bonds. The highest BCUT2D eigenvalue weighted by Gasteiger charge is 2.24. The molecule has 0 saturated heterocycles. The molecule has 1 aromatic heterocycles. The van der Waals surface area contributed by atoms with Gasteiger partial charge in [-0.2, -0.15) is 0 Å². The Morgan fingerprint density at radius 1 is 1.17 bits per heavy atom. The summed E-state index contributed by atoms with van der Waals surface area (Å²) >= 11 is 0. The average molecular weight is 241 g/mol. The van der Waals surface area contributed by atoms with Crippen LogP contribution in [0, 0.1) is 0 Å². The first-order chi connectivity index (χ1) is 8.83. The van der Waals surface area contributed by atoms with E-state index in [1.807, 2.05) is 42.6 Å². The molecule has 18 heavy (non-hydrogen) atoms. The van der Waals surface area contributed by atoms with E-state index in [4.69, 9.17) is 4.74 Å². The van der Waals surface area contributed by atoms with Gasteiger partial charge in [-0.1, -0.05) is 30.3 Å². The van der Waals surface area contributed by atoms with Gasteiger partial charge in [-0.25, -0.2) is 0 Å². The van der Waals surface area contributed by atoms with E-state index in [9.17, 15) is 4.79 Å². The highest BCUT2D eigenvalue weighted by atomic mass is 16.5. The van der Waals surface area contributed by atoms with Crippen molar-refractivity contribution in [1.29, 1.82) is 0 Å². The van der Waals surface area contributed by atoms with E-state index in [0.717, 1.165) is 18.4 Å². The molecular weight excluding hydrogens is 226 g/mol. The standard InChI is InChI=1S/C15H15NO2/c17-15-10-14(8-9-16(15)13-6-7-13)18-11-12-4-2-1-3-5-12/h1-5,8-10,13H,6-7,11H2. The predicted molar refractivity (Wildman–Crippen MR) is 69.7 cm³/mol. The van der Waals surface area contributed by atoms with Gasteiger partial charge in [0.15, 0.2) is 0 Å². The Bertz CT molecular complexity index is 585. The normalized spacial score (nSPS) is 14.4. The summed E-state index contributed by atoms with van der Waals surface area (Å²) in [6.45, 7) is 0.494. The zero-order chi connectivity index (χ0) is 12.4. The lowest BCUT2D eigenvalue weighted by Gasteiger charge is -2.08. The number of pyridine rings is 1. The van der Waals surface area contributed by atoms with Crippen molar-refractivity contribution in [3.8, 4) is 5.75 Å². The third-order valence-corrected chi connectivity index (χ3v) is 3.11. The molecule has 0 bridgehead atoms. The molecule has 0 aliphatic heterocycles. The van der Waals surface area contributed by atoms with Crippen LogP contribution in [0.1, 0.15) is 24.4 Å². The minimum atomic E-state index is 0.0306. The van der Waals surface area contributed by atoms with Crippen molar-refractivity contribution in [3.05, 3.63) is 64.6 Å². The first-order valence-corrected chi connectivity index (χ1v) is 6.22. The second-order valence-electron chi connectivity index (χ2n) is 4.61. The smallest absolute Gasteiger partial charge is 0.254 e. The molecule has 1 aliphatic carbocycles. The van der Waals surface area contributed by atoms with Crippen molar-refractivity contribution in [2.24, 2.45) is 0 Å². The van der Waals surface area contributed by atoms with Crippen LogP contribution in [-0.4, -0.2) is 4.57 Å². The minimum Gasteiger partial charge on any atom is -0.489 e. The van der Waals surface area contributed by atoms with Crippen LogP contribution in [0.3, 0.4) is 0 Å². The lowest BCUT2D eigenvalue weighted by molar-refractivity contribution is 0.305. The van der Waals surface area contributed by atoms with Crippen LogP contribution in [0.5, 0.6) is 5.75 Å². The molecule has 3 heteroatoms. The summed E-state index contributed by atoms with van der Waals surface area (Å²) in [7, 11) is 0. The number of hydrogen-bond acceptors (Lipinski definition) is 2. The van der Waals surface area contributed by atoms with Gasteiger partial charge in [0.25, 0.3) is 5.56 Å². The van der Waals surface area contributed by atoms with Gasteiger partial charge in [0.2, 0.25) is 0 Å². The van der Waals surface area contributed by atoms with Crippen LogP contribution < -0.4 is 10.3 Å². The topological polar surface area (TPSA) is 31.2 Å². The monoisotopic (exact) mass is 241 g/mol. The molecule has 2 aromatic rings. The third-order valence-electron chi connectivity index (χ3n) is 3.11. The fourth-order valence-corrected chi connectivity index (χ4v) is 1.96. The van der Waals surface area contributed by atoms with Crippen LogP contribution in [0.25, 0.3) is 0 Å². The highest BCUT2D eigenvalue weighted by Crippen LogP contribution is 2.33. The second-order valence-corrected chi connectivity index (χ2v) is 4.61. The molecule has 92 valence electrons. The van der Waals surface area contributed by atoms with Crippen LogP contribution in [0.15, 0.2) is 53.5 Å². The maximum Gasteiger partial charge on any atom is 0.254 e. The molecule has 0 atom stereocenters. The minimum absolute atomic E-state index is 0.0306. The first-order valence-electron chi connectivity index (χ1n) is 6.22. The van der Waals surface area contributed by atoms with E-state index in [0.29, 0.717) is 18.4 Å². The quantitative estimate of drug-likeness (QED) is 0.824. The Morgan fingerprint density at radius 3 is 2.61 bits per heavy atom. The number of ether oxygens (including phenoxy) is 1. The van der Waals surface area contributed by atoms with Crippen LogP contribution in [-0.2, 0) is 6.61 Å². The zero-order valence-corrected chi connectivity index (χ0v) is 10.1. The molecule has 0 N–H and O–H groups in total. The molecular formula is C15H15NO2. The molecule has 3 rings (SSSR count). The molecule has 0 unspecified atom stereocenters. The van der Waals surface area contributed by atoms with Gasteiger partial charge in [0, 0.05) is 18.3 Å². The van der Waals surface area contributed by atoms with Crippen molar-refractivity contribution in [2.45, 2.75) is 25.5 Å². The fourth-order valence-electron chi connectivity index (χ4n) is 1.96. The van der Waals surface area contributed by atoms with Crippen molar-refractivity contribution in [2.75, 3.05) is 0 Å². The van der Waals surface area contributed by atoms with Crippen molar-refractivity contribution < 1.29 is 4.74 Å². The van der Waals surface area contributed by atoms with E-state index in [1.54, 1.807) is 10.6 Å². The molecule has 3 nitrogen and oxygen atoms in total. The summed E-state index contributed by atoms with van der Waals surface area (Å²) in [4.78, 5) is 11.8. The van der Waals surface area contributed by atoms with Gasteiger partial charge >= 0.3 is 0 Å². The SMILES string of the molecule is O=c1cc(OCc2ccccc2)ccn1C1CC1. The van der Waals surface area contributed by atoms with E-state index >= 15 is 0 Å². The highest BCUT2D eigenvalue weighted by molar-refractivity contribution is 5.20. The van der Waals surface area contributed by atoms with Gasteiger partial charge in [-0.15, -0.1) is 0 Å². The summed E-state index contributed by atoms with van der Waals surface area (Å²) in [5.74, 6) is 0.640. The molecule has 1 aromatic carbocycles. The fraction of sp³-hybridized carbons (Fsp3) is 0.267. The van der Waals surface area contributed by atoms with Crippen LogP contribution >= 0.6 is 0 Å². The van der Waals surface area contributed by atoms with E-state index in [-0.39, 0.29) is 5.56 Å². The number of nitrogens with zero attached hydrogens (tertiary/aromatic N) is 1. The summed E-state index contributed by atoms with van der Waals surface area (Å²) < 4.78 is 7.40. The van der Waals surface area contributed by atoms with E-state index in [1.165, 1.54) is 0 Å². The van der Waals surface area contributed by atoms with Gasteiger partial charge < -0.3 is 9.30 Å². The van der Waals surface area contributed by atoms with Crippen molar-refractivity contribution in [1.82, 2.24) is 4.57 Å². The Morgan fingerprint density at radius 2 is 1.94 bits per heavy atom. The maximum atomic E-state index is 11.8. The zero-order valence-electron chi connectivity index (χ0n) is 10.1. The molecule has 0 spiro atoms. The van der Waals surface area contributed by atoms with E-state index < -0.39 is 0 Å². The molecule has 0 radical (unpaired) electrons. The summed E-state index contributed by atoms with van der Waals surface area (Å²) in [5.41, 5.74) is 1.13. The second kappa shape index (κ2) is 4.69. The number of benzene rings is 1. The maximum absolute atomic E-state index is 11.8. The number of aromatic nitrogens is 1. The summed E-state index contributed by atoms with van der Waals surface area (Å²) in [6, 6.07) is 13.8. The van der Waals surface area contributed by atoms with E-state index in [2.05, 4.69) is 0 Å². The molecule has 1 saturated carbocycles. The summed E-state index contributed by atoms with van der Waals surface area (Å²) in [6.07, 6.45) is 4.06. The molecule has 1 heterocycles. The number of rotatable bonds is 4. The predicted octanol–water partition coefficient (Wildman–Crippen LogP) is 2.76. The molecule has 1 aliphatic rings. The Balaban J connectivity index is 1.70. The lowest BCUT2D eigenvalue weighted by Crippen LogP contribution is -2.17. The van der Waals surface area contributed by atoms with Crippen molar-refractivity contribution >= 4 is 0 Å². The number of hydrogen-bond donors (Lipinski definition) is 0. The third kappa shape index (κ3) is 2.45. The van der Waals surface area contributed by atoms with Gasteiger partial charge in [-0.3, -0.25) is 4.79 Å². The van der Waals surface area contributed by atoms with Gasteiger partial charge in [-0.05, 0) is 24.5 Å². The van der Waals surface area contributed by atoms with Crippen molar-refractivity contribution in [3.63, 3.8) is 0 Å². The summed E-state index contributed by atoms with van der Waals surface area (Å²) in [5, 5.41) is 0. The van der Waals surface area contributed by atoms with Gasteiger partial charge in [0.1, 0.15) is 12.4 Å². The largest absolute Gasteiger partial charge is 0.489 e. The average Bonchev–Trinajstić information content (AvgIpc) is 3.22. The Labute approximate surface area is 106 Å². The first kappa shape index (κ1) is 11.1. The Hall–Kier alpha value is -2.03. The van der Waals surface area contributed by atoms with Crippen LogP contribution in [0.2, 0.25) is 0 Å². The molecule has 1 fully saturated rings. The lowest BCUT2D eigenvalue weighted by atomic mass is 10.2. The Kier molecular flexibility index (Phi) is 2.89. The van der Waals surface area contributed by atoms with Crippen LogP contribution in [0.4, 0.5) is 0 Å².